The number of nitrogens with one attached hydrogen (secondary N) is 1. The van der Waals surface area contributed by atoms with Gasteiger partial charge in [-0.25, -0.2) is 4.99 Å². The maximum Gasteiger partial charge on any atom is 0.251 e. The topological polar surface area (TPSA) is 61.7 Å². The number of aromatic hydroxyl groups is 1. The van der Waals surface area contributed by atoms with Gasteiger partial charge in [-0.2, -0.15) is 0 Å². The van der Waals surface area contributed by atoms with E-state index in [-0.39, 0.29) is 11.7 Å². The van der Waals surface area contributed by atoms with E-state index in [9.17, 15) is 9.90 Å². The van der Waals surface area contributed by atoms with E-state index in [0.29, 0.717) is 12.1 Å². The van der Waals surface area contributed by atoms with Crippen molar-refractivity contribution < 1.29 is 9.90 Å². The zero-order valence-corrected chi connectivity index (χ0v) is 16.3. The molecule has 1 amide bonds. The molecule has 0 bridgehead atoms. The first-order chi connectivity index (χ1) is 13.7. The van der Waals surface area contributed by atoms with Crippen molar-refractivity contribution >= 4 is 29.1 Å². The van der Waals surface area contributed by atoms with E-state index in [1.807, 2.05) is 49.4 Å². The Morgan fingerprint density at radius 2 is 1.82 bits per heavy atom. The van der Waals surface area contributed by atoms with E-state index in [4.69, 9.17) is 4.99 Å². The van der Waals surface area contributed by atoms with E-state index in [1.165, 1.54) is 0 Å². The number of phenols is 1. The zero-order valence-electron chi connectivity index (χ0n) is 15.5. The molecule has 3 aromatic carbocycles. The molecule has 2 N–H and O–H groups in total. The van der Waals surface area contributed by atoms with Gasteiger partial charge in [-0.1, -0.05) is 36.9 Å². The largest absolute Gasteiger partial charge is 0.508 e. The molecule has 1 aliphatic heterocycles. The fourth-order valence-electron chi connectivity index (χ4n) is 3.06. The third kappa shape index (κ3) is 3.66. The Hall–Kier alpha value is -3.05. The molecule has 4 nitrogen and oxygen atoms in total. The Morgan fingerprint density at radius 1 is 1.04 bits per heavy atom. The van der Waals surface area contributed by atoms with Gasteiger partial charge in [0, 0.05) is 33.0 Å². The minimum atomic E-state index is -0.0854. The van der Waals surface area contributed by atoms with Crippen LogP contribution in [0.2, 0.25) is 0 Å². The molecule has 0 unspecified atom stereocenters. The second-order valence-corrected chi connectivity index (χ2v) is 7.63. The number of carbonyl (C=O) groups is 1. The highest BCUT2D eigenvalue weighted by atomic mass is 32.2. The predicted octanol–water partition coefficient (Wildman–Crippen LogP) is 5.17. The normalized spacial score (nSPS) is 12.4. The monoisotopic (exact) mass is 388 g/mol. The van der Waals surface area contributed by atoms with E-state index >= 15 is 0 Å². The van der Waals surface area contributed by atoms with Crippen LogP contribution in [0.5, 0.6) is 5.75 Å². The summed E-state index contributed by atoms with van der Waals surface area (Å²) in [6.45, 7) is 2.68. The van der Waals surface area contributed by atoms with Crippen LogP contribution in [0, 0.1) is 0 Å². The maximum absolute atomic E-state index is 12.4. The standard InChI is InChI=1S/C23H20N2O2S/c1-2-13-24-23(27)16-9-12-21-19(14-16)25-22(15-7-10-17(26)11-8-15)18-5-3-4-6-20(18)28-21/h3-12,14,26H,2,13H2,1H3,(H,24,27). The number of aliphatic imine (C=N–C) groups is 1. The van der Waals surface area contributed by atoms with Crippen LogP contribution in [0.15, 0.2) is 81.5 Å². The van der Waals surface area contributed by atoms with Crippen LogP contribution in [0.1, 0.15) is 34.8 Å². The van der Waals surface area contributed by atoms with Gasteiger partial charge in [0.25, 0.3) is 5.91 Å². The highest BCUT2D eigenvalue weighted by molar-refractivity contribution is 7.99. The van der Waals surface area contributed by atoms with Gasteiger partial charge in [0.05, 0.1) is 11.4 Å². The van der Waals surface area contributed by atoms with Crippen molar-refractivity contribution in [2.45, 2.75) is 23.1 Å². The Kier molecular flexibility index (Phi) is 5.17. The summed E-state index contributed by atoms with van der Waals surface area (Å²) in [5.74, 6) is 0.133. The fraction of sp³-hybridized carbons (Fsp3) is 0.130. The van der Waals surface area contributed by atoms with E-state index in [2.05, 4.69) is 17.4 Å². The molecule has 0 aliphatic carbocycles. The summed E-state index contributed by atoms with van der Waals surface area (Å²) in [7, 11) is 0. The molecular weight excluding hydrogens is 368 g/mol. The number of nitrogens with zero attached hydrogens (tertiary/aromatic N) is 1. The number of phenolic OH excluding ortho intramolecular Hbond substituents is 1. The van der Waals surface area contributed by atoms with Gasteiger partial charge in [0.15, 0.2) is 0 Å². The van der Waals surface area contributed by atoms with Gasteiger partial charge < -0.3 is 10.4 Å². The molecule has 0 spiro atoms. The number of rotatable bonds is 4. The SMILES string of the molecule is CCCNC(=O)c1ccc2c(c1)N=C(c1ccc(O)cc1)c1ccccc1S2. The number of carbonyl (C=O) groups excluding carboxylic acids is 1. The highest BCUT2D eigenvalue weighted by Gasteiger charge is 2.19. The van der Waals surface area contributed by atoms with Crippen LogP contribution in [-0.2, 0) is 0 Å². The lowest BCUT2D eigenvalue weighted by Gasteiger charge is -2.09. The van der Waals surface area contributed by atoms with Crippen LogP contribution in [0.3, 0.4) is 0 Å². The summed E-state index contributed by atoms with van der Waals surface area (Å²) in [5.41, 5.74) is 4.15. The van der Waals surface area contributed by atoms with Crippen molar-refractivity contribution in [2.24, 2.45) is 4.99 Å². The summed E-state index contributed by atoms with van der Waals surface area (Å²) >= 11 is 1.65. The minimum Gasteiger partial charge on any atom is -0.508 e. The Bertz CT molecular complexity index is 1060. The summed E-state index contributed by atoms with van der Waals surface area (Å²) in [6, 6.07) is 20.8. The third-order valence-electron chi connectivity index (χ3n) is 4.49. The summed E-state index contributed by atoms with van der Waals surface area (Å²) in [5, 5.41) is 12.6. The molecule has 1 heterocycles. The molecule has 0 aromatic heterocycles. The van der Waals surface area contributed by atoms with Crippen LogP contribution >= 0.6 is 11.8 Å². The Morgan fingerprint density at radius 3 is 2.61 bits per heavy atom. The van der Waals surface area contributed by atoms with Gasteiger partial charge in [-0.3, -0.25) is 4.79 Å². The average Bonchev–Trinajstić information content (AvgIpc) is 2.88. The first-order valence-electron chi connectivity index (χ1n) is 9.23. The summed E-state index contributed by atoms with van der Waals surface area (Å²) in [6.07, 6.45) is 0.894. The van der Waals surface area contributed by atoms with Gasteiger partial charge >= 0.3 is 0 Å². The molecule has 1 aliphatic rings. The molecule has 0 atom stereocenters. The Labute approximate surface area is 168 Å². The van der Waals surface area contributed by atoms with Gasteiger partial charge in [0.2, 0.25) is 0 Å². The van der Waals surface area contributed by atoms with Crippen molar-refractivity contribution in [3.63, 3.8) is 0 Å². The molecule has 0 radical (unpaired) electrons. The molecule has 0 fully saturated rings. The predicted molar refractivity (Wildman–Crippen MR) is 113 cm³/mol. The highest BCUT2D eigenvalue weighted by Crippen LogP contribution is 2.41. The number of benzene rings is 3. The van der Waals surface area contributed by atoms with E-state index in [1.54, 1.807) is 23.9 Å². The molecule has 0 saturated heterocycles. The van der Waals surface area contributed by atoms with Crippen LogP contribution in [0.4, 0.5) is 5.69 Å². The fourth-order valence-corrected chi connectivity index (χ4v) is 4.07. The van der Waals surface area contributed by atoms with Gasteiger partial charge in [-0.05, 0) is 55.0 Å². The molecule has 28 heavy (non-hydrogen) atoms. The van der Waals surface area contributed by atoms with Crippen molar-refractivity contribution in [1.82, 2.24) is 5.32 Å². The lowest BCUT2D eigenvalue weighted by atomic mass is 10.0. The second-order valence-electron chi connectivity index (χ2n) is 6.54. The maximum atomic E-state index is 12.4. The third-order valence-corrected chi connectivity index (χ3v) is 5.63. The second kappa shape index (κ2) is 7.90. The van der Waals surface area contributed by atoms with E-state index in [0.717, 1.165) is 38.7 Å². The van der Waals surface area contributed by atoms with Crippen LogP contribution in [-0.4, -0.2) is 23.3 Å². The average molecular weight is 388 g/mol. The number of hydrogen-bond acceptors (Lipinski definition) is 4. The van der Waals surface area contributed by atoms with Crippen molar-refractivity contribution in [1.29, 1.82) is 0 Å². The van der Waals surface area contributed by atoms with Crippen molar-refractivity contribution in [2.75, 3.05) is 6.54 Å². The van der Waals surface area contributed by atoms with Crippen molar-refractivity contribution in [3.8, 4) is 5.75 Å². The van der Waals surface area contributed by atoms with Gasteiger partial charge in [0.1, 0.15) is 5.75 Å². The molecule has 3 aromatic rings. The molecular formula is C23H20N2O2S. The number of hydrogen-bond donors (Lipinski definition) is 2. The lowest BCUT2D eigenvalue weighted by molar-refractivity contribution is 0.0953. The number of amides is 1. The van der Waals surface area contributed by atoms with Crippen LogP contribution < -0.4 is 5.32 Å². The first-order valence-corrected chi connectivity index (χ1v) is 10.0. The smallest absolute Gasteiger partial charge is 0.251 e. The minimum absolute atomic E-state index is 0.0854. The Balaban J connectivity index is 1.84. The molecule has 4 rings (SSSR count). The van der Waals surface area contributed by atoms with Crippen molar-refractivity contribution in [3.05, 3.63) is 83.4 Å². The zero-order chi connectivity index (χ0) is 19.5. The molecule has 140 valence electrons. The van der Waals surface area contributed by atoms with Gasteiger partial charge in [-0.15, -0.1) is 0 Å². The number of fused-ring (bicyclic) bond motifs is 2. The molecule has 5 heteroatoms. The first kappa shape index (κ1) is 18.3. The quantitative estimate of drug-likeness (QED) is 0.507. The summed E-state index contributed by atoms with van der Waals surface area (Å²) < 4.78 is 0. The van der Waals surface area contributed by atoms with E-state index < -0.39 is 0 Å². The molecule has 0 saturated carbocycles. The lowest BCUT2D eigenvalue weighted by Crippen LogP contribution is -2.23. The van der Waals surface area contributed by atoms with Crippen LogP contribution in [0.25, 0.3) is 0 Å². The summed E-state index contributed by atoms with van der Waals surface area (Å²) in [4.78, 5) is 19.4.